The first-order chi connectivity index (χ1) is 19.3. The summed E-state index contributed by atoms with van der Waals surface area (Å²) in [6.07, 6.45) is 7.00. The van der Waals surface area contributed by atoms with E-state index in [1.807, 2.05) is 41.9 Å². The summed E-state index contributed by atoms with van der Waals surface area (Å²) in [5.41, 5.74) is 4.02. The number of halogens is 2. The van der Waals surface area contributed by atoms with Crippen LogP contribution in [0.5, 0.6) is 0 Å². The van der Waals surface area contributed by atoms with Crippen LogP contribution < -0.4 is 10.9 Å². The van der Waals surface area contributed by atoms with Crippen LogP contribution in [0.2, 0.25) is 0 Å². The number of carbonyl (C=O) groups excluding carboxylic acids is 1. The minimum atomic E-state index is -0.492. The second kappa shape index (κ2) is 10.5. The van der Waals surface area contributed by atoms with E-state index in [4.69, 9.17) is 0 Å². The van der Waals surface area contributed by atoms with Gasteiger partial charge in [0.15, 0.2) is 0 Å². The van der Waals surface area contributed by atoms with Gasteiger partial charge in [0.25, 0.3) is 5.56 Å². The van der Waals surface area contributed by atoms with Crippen LogP contribution in [0, 0.1) is 12.7 Å². The summed E-state index contributed by atoms with van der Waals surface area (Å²) in [6.45, 7) is 2.52. The minimum absolute atomic E-state index is 0.0303. The van der Waals surface area contributed by atoms with Crippen molar-refractivity contribution in [3.8, 4) is 11.3 Å². The summed E-state index contributed by atoms with van der Waals surface area (Å²) >= 11 is 3.36. The van der Waals surface area contributed by atoms with E-state index in [9.17, 15) is 14.0 Å². The second-order valence-corrected chi connectivity index (χ2v) is 10.3. The molecule has 6 aromatic rings. The first-order valence-electron chi connectivity index (χ1n) is 12.4. The Bertz CT molecular complexity index is 1960. The lowest BCUT2D eigenvalue weighted by Crippen LogP contribution is -2.23. The third kappa shape index (κ3) is 5.25. The van der Waals surface area contributed by atoms with Crippen molar-refractivity contribution in [3.05, 3.63) is 105 Å². The Kier molecular flexibility index (Phi) is 6.68. The van der Waals surface area contributed by atoms with Gasteiger partial charge in [-0.05, 0) is 55.0 Å². The van der Waals surface area contributed by atoms with Gasteiger partial charge >= 0.3 is 0 Å². The zero-order chi connectivity index (χ0) is 27.8. The van der Waals surface area contributed by atoms with Crippen molar-refractivity contribution >= 4 is 44.1 Å². The van der Waals surface area contributed by atoms with E-state index in [-0.39, 0.29) is 30.0 Å². The van der Waals surface area contributed by atoms with Crippen LogP contribution >= 0.6 is 15.9 Å². The SMILES string of the molecule is Cc1ccc2nc(Cn3cc(-c4cc(NC(=O)CCn5cnc6ccc(Br)cc6c5=O)ccc4F)nn3)cn2c1. The van der Waals surface area contributed by atoms with E-state index in [2.05, 4.69) is 41.5 Å². The lowest BCUT2D eigenvalue weighted by Gasteiger charge is -2.09. The zero-order valence-electron chi connectivity index (χ0n) is 21.3. The highest BCUT2D eigenvalue weighted by molar-refractivity contribution is 9.10. The van der Waals surface area contributed by atoms with Crippen LogP contribution in [0.25, 0.3) is 27.8 Å². The van der Waals surface area contributed by atoms with E-state index >= 15 is 0 Å². The number of imidazole rings is 1. The highest BCUT2D eigenvalue weighted by Crippen LogP contribution is 2.25. The Morgan fingerprint density at radius 3 is 2.83 bits per heavy atom. The Labute approximate surface area is 235 Å². The molecule has 4 heterocycles. The number of aromatic nitrogens is 7. The molecule has 1 N–H and O–H groups in total. The molecule has 12 heteroatoms. The second-order valence-electron chi connectivity index (χ2n) is 9.40. The number of pyridine rings is 1. The first kappa shape index (κ1) is 25.6. The molecule has 0 saturated carbocycles. The van der Waals surface area contributed by atoms with E-state index < -0.39 is 5.82 Å². The third-order valence-electron chi connectivity index (χ3n) is 6.40. The van der Waals surface area contributed by atoms with E-state index in [0.29, 0.717) is 28.8 Å². The lowest BCUT2D eigenvalue weighted by molar-refractivity contribution is -0.116. The maximum atomic E-state index is 14.7. The molecule has 10 nitrogen and oxygen atoms in total. The highest BCUT2D eigenvalue weighted by atomic mass is 79.9. The Balaban J connectivity index is 1.14. The van der Waals surface area contributed by atoms with Gasteiger partial charge in [-0.25, -0.2) is 19.0 Å². The number of hydrogen-bond acceptors (Lipinski definition) is 6. The minimum Gasteiger partial charge on any atom is -0.326 e. The van der Waals surface area contributed by atoms with Crippen LogP contribution in [0.4, 0.5) is 10.1 Å². The van der Waals surface area contributed by atoms with Gasteiger partial charge in [-0.3, -0.25) is 14.2 Å². The summed E-state index contributed by atoms with van der Waals surface area (Å²) in [5.74, 6) is -0.822. The molecule has 200 valence electrons. The van der Waals surface area contributed by atoms with Gasteiger partial charge in [0.1, 0.15) is 17.2 Å². The van der Waals surface area contributed by atoms with Gasteiger partial charge in [0.2, 0.25) is 5.91 Å². The Morgan fingerprint density at radius 2 is 1.95 bits per heavy atom. The number of carbonyl (C=O) groups is 1. The molecule has 0 fully saturated rings. The predicted octanol–water partition coefficient (Wildman–Crippen LogP) is 4.59. The molecule has 4 aromatic heterocycles. The predicted molar refractivity (Wildman–Crippen MR) is 151 cm³/mol. The van der Waals surface area contributed by atoms with E-state index in [1.54, 1.807) is 23.0 Å². The fraction of sp³-hybridized carbons (Fsp3) is 0.143. The maximum absolute atomic E-state index is 14.7. The Hall–Kier alpha value is -4.71. The topological polar surface area (TPSA) is 112 Å². The van der Waals surface area contributed by atoms with Gasteiger partial charge in [-0.15, -0.1) is 5.10 Å². The molecule has 0 spiro atoms. The average molecular weight is 601 g/mol. The molecule has 0 aliphatic heterocycles. The number of benzene rings is 2. The van der Waals surface area contributed by atoms with Crippen LogP contribution in [0.15, 0.2) is 82.7 Å². The van der Waals surface area contributed by atoms with Crippen molar-refractivity contribution < 1.29 is 9.18 Å². The van der Waals surface area contributed by atoms with E-state index in [0.717, 1.165) is 21.4 Å². The van der Waals surface area contributed by atoms with Crippen molar-refractivity contribution in [2.24, 2.45) is 0 Å². The fourth-order valence-corrected chi connectivity index (χ4v) is 4.79. The molecule has 0 radical (unpaired) electrons. The molecule has 6 rings (SSSR count). The first-order valence-corrected chi connectivity index (χ1v) is 13.2. The van der Waals surface area contributed by atoms with Crippen molar-refractivity contribution in [1.82, 2.24) is 33.9 Å². The smallest absolute Gasteiger partial charge is 0.261 e. The number of fused-ring (bicyclic) bond motifs is 2. The molecule has 0 saturated heterocycles. The van der Waals surface area contributed by atoms with Crippen LogP contribution in [0.1, 0.15) is 17.7 Å². The molecule has 0 aliphatic carbocycles. The summed E-state index contributed by atoms with van der Waals surface area (Å²) in [5, 5.41) is 11.5. The molecular formula is C28H22BrFN8O2. The molecule has 2 aromatic carbocycles. The summed E-state index contributed by atoms with van der Waals surface area (Å²) in [6, 6.07) is 13.5. The molecule has 0 unspecified atom stereocenters. The number of anilines is 1. The quantitative estimate of drug-likeness (QED) is 0.287. The number of aryl methyl sites for hydroxylation is 2. The molecule has 0 aliphatic rings. The zero-order valence-corrected chi connectivity index (χ0v) is 22.8. The lowest BCUT2D eigenvalue weighted by atomic mass is 10.1. The summed E-state index contributed by atoms with van der Waals surface area (Å²) < 4.78 is 20.4. The van der Waals surface area contributed by atoms with Gasteiger partial charge < -0.3 is 9.72 Å². The highest BCUT2D eigenvalue weighted by Gasteiger charge is 2.14. The number of nitrogens with zero attached hydrogens (tertiary/aromatic N) is 7. The van der Waals surface area contributed by atoms with Crippen LogP contribution in [-0.2, 0) is 17.9 Å². The number of nitrogens with one attached hydrogen (secondary N) is 1. The summed E-state index contributed by atoms with van der Waals surface area (Å²) in [7, 11) is 0. The number of rotatable bonds is 7. The van der Waals surface area contributed by atoms with Crippen LogP contribution in [-0.4, -0.2) is 39.8 Å². The normalized spacial score (nSPS) is 11.4. The molecule has 0 atom stereocenters. The van der Waals surface area contributed by atoms with E-state index in [1.165, 1.54) is 29.1 Å². The van der Waals surface area contributed by atoms with Crippen LogP contribution in [0.3, 0.4) is 0 Å². The van der Waals surface area contributed by atoms with Gasteiger partial charge in [0.05, 0.1) is 35.7 Å². The molecule has 0 bridgehead atoms. The van der Waals surface area contributed by atoms with Gasteiger partial charge in [-0.2, -0.15) is 0 Å². The maximum Gasteiger partial charge on any atom is 0.261 e. The number of hydrogen-bond donors (Lipinski definition) is 1. The van der Waals surface area contributed by atoms with Gasteiger partial charge in [0, 0.05) is 41.1 Å². The largest absolute Gasteiger partial charge is 0.326 e. The van der Waals surface area contributed by atoms with Crippen molar-refractivity contribution in [3.63, 3.8) is 0 Å². The standard InChI is InChI=1S/C28H22BrFN8O2/c1-17-2-7-26-32-20(13-37(26)12-17)14-38-15-25(34-35-38)21-11-19(4-5-23(21)30)33-27(39)8-9-36-16-31-24-6-3-18(29)10-22(24)28(36)40/h2-7,10-13,15-16H,8-9,14H2,1H3,(H,33,39). The monoisotopic (exact) mass is 600 g/mol. The third-order valence-corrected chi connectivity index (χ3v) is 6.90. The summed E-state index contributed by atoms with van der Waals surface area (Å²) in [4.78, 5) is 34.3. The average Bonchev–Trinajstić information content (AvgIpc) is 3.56. The van der Waals surface area contributed by atoms with Gasteiger partial charge in [-0.1, -0.05) is 27.2 Å². The number of amides is 1. The molecular weight excluding hydrogens is 579 g/mol. The van der Waals surface area contributed by atoms with Crippen molar-refractivity contribution in [2.45, 2.75) is 26.4 Å². The molecule has 40 heavy (non-hydrogen) atoms. The fourth-order valence-electron chi connectivity index (χ4n) is 4.43. The molecule has 1 amide bonds. The van der Waals surface area contributed by atoms with Crippen molar-refractivity contribution in [2.75, 3.05) is 5.32 Å². The Morgan fingerprint density at radius 1 is 1.07 bits per heavy atom. The van der Waals surface area contributed by atoms with Crippen molar-refractivity contribution in [1.29, 1.82) is 0 Å².